The Hall–Kier alpha value is -3.91. The van der Waals surface area contributed by atoms with E-state index in [2.05, 4.69) is 15.6 Å². The van der Waals surface area contributed by atoms with Gasteiger partial charge in [0.2, 0.25) is 17.8 Å². The summed E-state index contributed by atoms with van der Waals surface area (Å²) in [5.41, 5.74) is 0.594. The Kier molecular flexibility index (Phi) is 11.5. The predicted octanol–water partition coefficient (Wildman–Crippen LogP) is 3.45. The van der Waals surface area contributed by atoms with Gasteiger partial charge in [-0.2, -0.15) is 4.98 Å². The zero-order chi connectivity index (χ0) is 34.5. The molecule has 2 N–H and O–H groups in total. The van der Waals surface area contributed by atoms with Crippen LogP contribution in [0.4, 0.5) is 5.95 Å². The quantitative estimate of drug-likeness (QED) is 0.286. The summed E-state index contributed by atoms with van der Waals surface area (Å²) in [4.78, 5) is 52.1. The van der Waals surface area contributed by atoms with Crippen molar-refractivity contribution in [1.82, 2.24) is 29.7 Å². The Morgan fingerprint density at radius 2 is 1.75 bits per heavy atom. The summed E-state index contributed by atoms with van der Waals surface area (Å²) in [6.07, 6.45) is 6.52. The fourth-order valence-electron chi connectivity index (χ4n) is 6.03. The van der Waals surface area contributed by atoms with Crippen LogP contribution in [-0.4, -0.2) is 109 Å². The minimum absolute atomic E-state index is 0.0203. The average Bonchev–Trinajstić information content (AvgIpc) is 3.48. The van der Waals surface area contributed by atoms with E-state index in [1.54, 1.807) is 29.0 Å². The number of halogens is 2. The van der Waals surface area contributed by atoms with E-state index in [1.807, 2.05) is 30.0 Å². The lowest BCUT2D eigenvalue weighted by atomic mass is 9.96. The number of hydrogen-bond donors (Lipinski definition) is 2. The van der Waals surface area contributed by atoms with Gasteiger partial charge < -0.3 is 34.6 Å². The summed E-state index contributed by atoms with van der Waals surface area (Å²) in [6.45, 7) is 4.34. The molecule has 0 aliphatic carbocycles. The second kappa shape index (κ2) is 15.5. The van der Waals surface area contributed by atoms with Crippen LogP contribution in [0.3, 0.4) is 0 Å². The third kappa shape index (κ3) is 7.86. The number of methoxy groups -OCH3 is 2. The van der Waals surface area contributed by atoms with E-state index in [-0.39, 0.29) is 56.5 Å². The van der Waals surface area contributed by atoms with Gasteiger partial charge >= 0.3 is 0 Å². The number of likely N-dealkylation sites (tertiary alicyclic amines) is 1. The van der Waals surface area contributed by atoms with Crippen LogP contribution >= 0.6 is 23.2 Å². The summed E-state index contributed by atoms with van der Waals surface area (Å²) < 4.78 is 18.2. The molecule has 2 saturated heterocycles. The van der Waals surface area contributed by atoms with E-state index in [0.29, 0.717) is 80.7 Å². The molecule has 0 spiro atoms. The van der Waals surface area contributed by atoms with Crippen LogP contribution in [0.5, 0.6) is 11.5 Å². The maximum absolute atomic E-state index is 14.5. The van der Waals surface area contributed by atoms with Gasteiger partial charge in [0.05, 0.1) is 55.1 Å². The van der Waals surface area contributed by atoms with Crippen LogP contribution in [0.25, 0.3) is 22.2 Å². The van der Waals surface area contributed by atoms with Gasteiger partial charge in [0.15, 0.2) is 0 Å². The van der Waals surface area contributed by atoms with Crippen molar-refractivity contribution < 1.29 is 23.8 Å². The van der Waals surface area contributed by atoms with Gasteiger partial charge in [-0.05, 0) is 38.9 Å². The smallest absolute Gasteiger partial charge is 0.260 e. The number of amides is 2. The molecule has 0 radical (unpaired) electrons. The van der Waals surface area contributed by atoms with E-state index >= 15 is 0 Å². The first-order valence-electron chi connectivity index (χ1n) is 15.7. The molecule has 258 valence electrons. The van der Waals surface area contributed by atoms with Gasteiger partial charge in [0.1, 0.15) is 17.1 Å². The minimum atomic E-state index is -0.350. The van der Waals surface area contributed by atoms with Crippen molar-refractivity contribution in [2.24, 2.45) is 5.92 Å². The Morgan fingerprint density at radius 3 is 2.38 bits per heavy atom. The molecular weight excluding hydrogens is 661 g/mol. The standard InChI is InChI=1S/C33H41Cl2N7O6/c1-19(43)37-23-17-48-18-24(23)38-33-36-15-21-13-22(28-29(34)25(46-4)14-26(47-5)30(28)35)32(45)42(31(21)39-33)16-20-8-11-41(12-9-20)27(44)7-6-10-40(2)3/h6-7,13-15,20,23-24H,8-12,16-18H2,1-5H3,(H,37,43)(H,36,38,39)/b7-6+/t23-,24+/m0/s1. The predicted molar refractivity (Wildman–Crippen MR) is 185 cm³/mol. The number of benzene rings is 1. The average molecular weight is 703 g/mol. The number of carbonyl (C=O) groups excluding carboxylic acids is 2. The summed E-state index contributed by atoms with van der Waals surface area (Å²) in [5.74, 6) is 0.798. The highest BCUT2D eigenvalue weighted by molar-refractivity contribution is 6.41. The molecule has 2 amide bonds. The molecule has 4 heterocycles. The number of nitrogens with zero attached hydrogens (tertiary/aromatic N) is 5. The van der Waals surface area contributed by atoms with E-state index in [4.69, 9.17) is 42.4 Å². The lowest BCUT2D eigenvalue weighted by Crippen LogP contribution is -2.45. The maximum Gasteiger partial charge on any atom is 0.260 e. The van der Waals surface area contributed by atoms with Gasteiger partial charge in [-0.1, -0.05) is 29.3 Å². The SMILES string of the molecule is COc1cc(OC)c(Cl)c(-c2cc3cnc(N[C@@H]4COC[C@@H]4NC(C)=O)nc3n(CC3CCN(C(=O)/C=C/CN(C)C)CC3)c2=O)c1Cl. The number of aromatic nitrogens is 3. The number of fused-ring (bicyclic) bond motifs is 1. The number of carbonyl (C=O) groups is 2. The largest absolute Gasteiger partial charge is 0.495 e. The minimum Gasteiger partial charge on any atom is -0.495 e. The summed E-state index contributed by atoms with van der Waals surface area (Å²) in [7, 11) is 6.84. The molecular formula is C33H41Cl2N7O6. The first kappa shape index (κ1) is 35.4. The second-order valence-corrected chi connectivity index (χ2v) is 13.0. The Bertz CT molecular complexity index is 1730. The molecule has 13 nitrogen and oxygen atoms in total. The Morgan fingerprint density at radius 1 is 1.08 bits per heavy atom. The van der Waals surface area contributed by atoms with E-state index < -0.39 is 0 Å². The molecule has 0 saturated carbocycles. The van der Waals surface area contributed by atoms with Gasteiger partial charge in [-0.3, -0.25) is 19.0 Å². The summed E-state index contributed by atoms with van der Waals surface area (Å²) in [5, 5.41) is 7.09. The fraction of sp³-hybridized carbons (Fsp3) is 0.485. The zero-order valence-corrected chi connectivity index (χ0v) is 29.2. The number of pyridine rings is 1. The summed E-state index contributed by atoms with van der Waals surface area (Å²) in [6, 6.07) is 2.72. The molecule has 2 aliphatic rings. The fourth-order valence-corrected chi connectivity index (χ4v) is 6.73. The molecule has 2 aromatic heterocycles. The summed E-state index contributed by atoms with van der Waals surface area (Å²) >= 11 is 13.5. The molecule has 2 atom stereocenters. The van der Waals surface area contributed by atoms with Crippen molar-refractivity contribution in [2.75, 3.05) is 66.5 Å². The highest BCUT2D eigenvalue weighted by atomic mass is 35.5. The normalized spacial score (nSPS) is 18.5. The number of anilines is 1. The van der Waals surface area contributed by atoms with Crippen LogP contribution in [0.2, 0.25) is 10.0 Å². The highest BCUT2D eigenvalue weighted by Gasteiger charge is 2.30. The molecule has 3 aromatic rings. The third-order valence-electron chi connectivity index (χ3n) is 8.55. The third-order valence-corrected chi connectivity index (χ3v) is 9.30. The Labute approximate surface area is 289 Å². The molecule has 2 fully saturated rings. The van der Waals surface area contributed by atoms with Crippen molar-refractivity contribution in [3.63, 3.8) is 0 Å². The van der Waals surface area contributed by atoms with Crippen LogP contribution < -0.4 is 25.7 Å². The van der Waals surface area contributed by atoms with Gasteiger partial charge in [-0.25, -0.2) is 4.98 Å². The van der Waals surface area contributed by atoms with Crippen LogP contribution in [-0.2, 0) is 20.9 Å². The molecule has 2 aliphatic heterocycles. The maximum atomic E-state index is 14.5. The lowest BCUT2D eigenvalue weighted by Gasteiger charge is -2.32. The van der Waals surface area contributed by atoms with Crippen molar-refractivity contribution in [1.29, 1.82) is 0 Å². The number of rotatable bonds is 11. The first-order valence-corrected chi connectivity index (χ1v) is 16.5. The molecule has 5 rings (SSSR count). The van der Waals surface area contributed by atoms with Crippen LogP contribution in [0, 0.1) is 5.92 Å². The highest BCUT2D eigenvalue weighted by Crippen LogP contribution is 2.45. The van der Waals surface area contributed by atoms with Crippen molar-refractivity contribution in [3.8, 4) is 22.6 Å². The Balaban J connectivity index is 1.52. The van der Waals surface area contributed by atoms with Gasteiger partial charge in [0.25, 0.3) is 5.56 Å². The molecule has 0 unspecified atom stereocenters. The zero-order valence-electron chi connectivity index (χ0n) is 27.7. The first-order chi connectivity index (χ1) is 23.0. The monoisotopic (exact) mass is 701 g/mol. The molecule has 1 aromatic carbocycles. The number of hydrogen-bond acceptors (Lipinski definition) is 10. The van der Waals surface area contributed by atoms with Crippen molar-refractivity contribution >= 4 is 52.0 Å². The van der Waals surface area contributed by atoms with Gasteiger partial charge in [0, 0.05) is 62.4 Å². The van der Waals surface area contributed by atoms with E-state index in [0.717, 1.165) is 0 Å². The number of nitrogens with one attached hydrogen (secondary N) is 2. The molecule has 0 bridgehead atoms. The lowest BCUT2D eigenvalue weighted by molar-refractivity contribution is -0.127. The van der Waals surface area contributed by atoms with Crippen LogP contribution in [0.1, 0.15) is 19.8 Å². The van der Waals surface area contributed by atoms with Crippen molar-refractivity contribution in [2.45, 2.75) is 38.4 Å². The molecule has 48 heavy (non-hydrogen) atoms. The van der Waals surface area contributed by atoms with E-state index in [1.165, 1.54) is 21.1 Å². The molecule has 15 heteroatoms. The number of ether oxygens (including phenoxy) is 3. The van der Waals surface area contributed by atoms with Gasteiger partial charge in [-0.15, -0.1) is 0 Å². The second-order valence-electron chi connectivity index (χ2n) is 12.3. The number of likely N-dealkylation sites (N-methyl/N-ethyl adjacent to an activating group) is 1. The van der Waals surface area contributed by atoms with Crippen molar-refractivity contribution in [3.05, 3.63) is 50.9 Å². The van der Waals surface area contributed by atoms with E-state index in [9.17, 15) is 14.4 Å². The number of piperidine rings is 1. The topological polar surface area (TPSA) is 140 Å². The van der Waals surface area contributed by atoms with Crippen LogP contribution in [0.15, 0.2) is 35.3 Å².